The third-order valence-electron chi connectivity index (χ3n) is 4.70. The van der Waals surface area contributed by atoms with Crippen LogP contribution in [0.3, 0.4) is 0 Å². The topological polar surface area (TPSA) is 76.0 Å². The summed E-state index contributed by atoms with van der Waals surface area (Å²) in [6.07, 6.45) is 5.76. The van der Waals surface area contributed by atoms with Crippen molar-refractivity contribution in [2.45, 2.75) is 51.1 Å². The van der Waals surface area contributed by atoms with Crippen molar-refractivity contribution >= 4 is 17.6 Å². The highest BCUT2D eigenvalue weighted by Gasteiger charge is 2.38. The predicted octanol–water partition coefficient (Wildman–Crippen LogP) is 1.07. The Morgan fingerprint density at radius 1 is 1.15 bits per heavy atom. The van der Waals surface area contributed by atoms with Crippen LogP contribution in [0, 0.1) is 5.92 Å². The van der Waals surface area contributed by atoms with Gasteiger partial charge in [0.1, 0.15) is 5.82 Å². The molecule has 2 atom stereocenters. The second-order valence-electron chi connectivity index (χ2n) is 5.94. The van der Waals surface area contributed by atoms with Crippen molar-refractivity contribution in [3.63, 3.8) is 0 Å². The van der Waals surface area contributed by atoms with E-state index in [1.54, 1.807) is 0 Å². The van der Waals surface area contributed by atoms with Crippen LogP contribution in [0.2, 0.25) is 0 Å². The first-order valence-electron chi connectivity index (χ1n) is 7.45. The van der Waals surface area contributed by atoms with E-state index in [0.29, 0.717) is 11.5 Å². The zero-order chi connectivity index (χ0) is 13.7. The van der Waals surface area contributed by atoms with Crippen LogP contribution >= 0.6 is 0 Å². The van der Waals surface area contributed by atoms with Gasteiger partial charge in [0.25, 0.3) is 5.91 Å². The predicted molar refractivity (Wildman–Crippen MR) is 72.4 cm³/mol. The Balaban J connectivity index is 1.79. The summed E-state index contributed by atoms with van der Waals surface area (Å²) in [5.41, 5.74) is 0.540. The average molecular weight is 274 g/mol. The zero-order valence-electron chi connectivity index (χ0n) is 11.3. The number of carbonyl (C=O) groups excluding carboxylic acids is 2. The van der Waals surface area contributed by atoms with Crippen LogP contribution in [0.5, 0.6) is 0 Å². The number of rotatable bonds is 0. The quantitative estimate of drug-likeness (QED) is 0.743. The lowest BCUT2D eigenvalue weighted by molar-refractivity contribution is -0.120. The van der Waals surface area contributed by atoms with E-state index in [1.165, 1.54) is 0 Å². The van der Waals surface area contributed by atoms with Gasteiger partial charge in [0, 0.05) is 19.0 Å². The first-order chi connectivity index (χ1) is 9.74. The first-order valence-corrected chi connectivity index (χ1v) is 7.45. The maximum atomic E-state index is 12.5. The highest BCUT2D eigenvalue weighted by atomic mass is 16.2. The number of anilines is 1. The molecule has 20 heavy (non-hydrogen) atoms. The van der Waals surface area contributed by atoms with Crippen molar-refractivity contribution in [3.05, 3.63) is 11.5 Å². The minimum Gasteiger partial charge on any atom is -0.347 e. The Bertz CT molecular complexity index is 592. The molecule has 2 aliphatic heterocycles. The van der Waals surface area contributed by atoms with E-state index in [2.05, 4.69) is 15.6 Å². The summed E-state index contributed by atoms with van der Waals surface area (Å²) < 4.78 is 1.98. The number of hydrogen-bond donors (Lipinski definition) is 2. The van der Waals surface area contributed by atoms with Crippen LogP contribution in [0.4, 0.5) is 5.82 Å². The Morgan fingerprint density at radius 3 is 2.95 bits per heavy atom. The largest absolute Gasteiger partial charge is 0.347 e. The molecule has 0 saturated heterocycles. The van der Waals surface area contributed by atoms with Crippen molar-refractivity contribution in [3.8, 4) is 0 Å². The van der Waals surface area contributed by atoms with Gasteiger partial charge in [-0.25, -0.2) is 4.98 Å². The summed E-state index contributed by atoms with van der Waals surface area (Å²) in [7, 11) is 0. The molecule has 1 aromatic rings. The lowest BCUT2D eigenvalue weighted by atomic mass is 10.0. The van der Waals surface area contributed by atoms with E-state index in [1.807, 2.05) is 4.57 Å². The molecule has 0 unspecified atom stereocenters. The molecule has 1 aliphatic carbocycles. The van der Waals surface area contributed by atoms with E-state index in [-0.39, 0.29) is 23.8 Å². The molecule has 3 heterocycles. The number of fused-ring (bicyclic) bond motifs is 4. The fourth-order valence-corrected chi connectivity index (χ4v) is 3.69. The molecular formula is C14H18N4O2. The zero-order valence-corrected chi connectivity index (χ0v) is 11.3. The first kappa shape index (κ1) is 11.9. The van der Waals surface area contributed by atoms with Gasteiger partial charge < -0.3 is 15.2 Å². The minimum absolute atomic E-state index is 0.00389. The molecule has 0 radical (unpaired) electrons. The van der Waals surface area contributed by atoms with Crippen molar-refractivity contribution in [2.75, 3.05) is 5.32 Å². The molecule has 0 aromatic carbocycles. The van der Waals surface area contributed by atoms with Crippen molar-refractivity contribution in [1.82, 2.24) is 14.9 Å². The number of nitrogens with zero attached hydrogens (tertiary/aromatic N) is 2. The molecule has 4 rings (SSSR count). The van der Waals surface area contributed by atoms with Crippen molar-refractivity contribution < 1.29 is 9.59 Å². The van der Waals surface area contributed by atoms with Gasteiger partial charge in [0.15, 0.2) is 11.5 Å². The van der Waals surface area contributed by atoms with Gasteiger partial charge in [-0.2, -0.15) is 0 Å². The van der Waals surface area contributed by atoms with Crippen LogP contribution in [0.15, 0.2) is 0 Å². The molecule has 3 aliphatic rings. The second-order valence-corrected chi connectivity index (χ2v) is 5.94. The Labute approximate surface area is 116 Å². The molecule has 1 fully saturated rings. The van der Waals surface area contributed by atoms with Crippen LogP contribution in [0.25, 0.3) is 0 Å². The van der Waals surface area contributed by atoms with Crippen molar-refractivity contribution in [1.29, 1.82) is 0 Å². The molecule has 6 heteroatoms. The standard InChI is InChI=1S/C14H18N4O2/c19-13-8-4-3-5-9(8)15-14(20)11-12(17-13)16-10-6-1-2-7-18(10)11/h8-9H,1-7H2,(H,15,20)(H,17,19)/t8-,9+/m0/s1. The number of carbonyl (C=O) groups is 2. The fourth-order valence-electron chi connectivity index (χ4n) is 3.69. The van der Waals surface area contributed by atoms with E-state index in [0.717, 1.165) is 50.9 Å². The van der Waals surface area contributed by atoms with E-state index in [4.69, 9.17) is 0 Å². The number of imidazole rings is 1. The Hall–Kier alpha value is -1.85. The van der Waals surface area contributed by atoms with E-state index in [9.17, 15) is 9.59 Å². The van der Waals surface area contributed by atoms with Crippen LogP contribution in [0.1, 0.15) is 48.4 Å². The van der Waals surface area contributed by atoms with Gasteiger partial charge >= 0.3 is 0 Å². The normalized spacial score (nSPS) is 28.6. The van der Waals surface area contributed by atoms with Crippen LogP contribution in [-0.2, 0) is 17.8 Å². The second kappa shape index (κ2) is 4.33. The molecule has 0 bridgehead atoms. The summed E-state index contributed by atoms with van der Waals surface area (Å²) in [6, 6.07) is -0.0228. The maximum Gasteiger partial charge on any atom is 0.272 e. The number of nitrogens with one attached hydrogen (secondary N) is 2. The lowest BCUT2D eigenvalue weighted by Gasteiger charge is -2.24. The molecule has 6 nitrogen and oxygen atoms in total. The highest BCUT2D eigenvalue weighted by Crippen LogP contribution is 2.31. The summed E-state index contributed by atoms with van der Waals surface area (Å²) >= 11 is 0. The Morgan fingerprint density at radius 2 is 2.05 bits per heavy atom. The van der Waals surface area contributed by atoms with Gasteiger partial charge in [0.05, 0.1) is 5.92 Å². The SMILES string of the molecule is O=C1N[C@@H]2CCC[C@@H]2C(=O)Nc2nc3n(c21)CCCC3. The summed E-state index contributed by atoms with van der Waals surface area (Å²) in [5.74, 6) is 1.19. The number of aromatic nitrogens is 2. The van der Waals surface area contributed by atoms with Gasteiger partial charge in [-0.3, -0.25) is 9.59 Å². The fraction of sp³-hybridized carbons (Fsp3) is 0.643. The summed E-state index contributed by atoms with van der Waals surface area (Å²) in [5, 5.41) is 5.93. The van der Waals surface area contributed by atoms with Crippen LogP contribution in [-0.4, -0.2) is 27.4 Å². The van der Waals surface area contributed by atoms with Crippen LogP contribution < -0.4 is 10.6 Å². The highest BCUT2D eigenvalue weighted by molar-refractivity contribution is 6.04. The summed E-state index contributed by atoms with van der Waals surface area (Å²) in [4.78, 5) is 29.3. The Kier molecular flexibility index (Phi) is 2.58. The molecule has 2 amide bonds. The van der Waals surface area contributed by atoms with Crippen molar-refractivity contribution in [2.24, 2.45) is 5.92 Å². The van der Waals surface area contributed by atoms with Gasteiger partial charge in [-0.05, 0) is 25.7 Å². The van der Waals surface area contributed by atoms with Gasteiger partial charge in [0.2, 0.25) is 5.91 Å². The summed E-state index contributed by atoms with van der Waals surface area (Å²) in [6.45, 7) is 0.815. The molecule has 0 spiro atoms. The smallest absolute Gasteiger partial charge is 0.272 e. The van der Waals surface area contributed by atoms with Gasteiger partial charge in [-0.15, -0.1) is 0 Å². The number of hydrogen-bond acceptors (Lipinski definition) is 3. The van der Waals surface area contributed by atoms with E-state index < -0.39 is 0 Å². The molecular weight excluding hydrogens is 256 g/mol. The molecule has 1 saturated carbocycles. The monoisotopic (exact) mass is 274 g/mol. The third kappa shape index (κ3) is 1.67. The van der Waals surface area contributed by atoms with E-state index >= 15 is 0 Å². The lowest BCUT2D eigenvalue weighted by Crippen LogP contribution is -2.45. The van der Waals surface area contributed by atoms with Gasteiger partial charge in [-0.1, -0.05) is 6.42 Å². The third-order valence-corrected chi connectivity index (χ3v) is 4.70. The minimum atomic E-state index is -0.106. The molecule has 106 valence electrons. The average Bonchev–Trinajstić information content (AvgIpc) is 3.00. The number of aryl methyl sites for hydroxylation is 1. The molecule has 2 N–H and O–H groups in total. The molecule has 1 aromatic heterocycles. The maximum absolute atomic E-state index is 12.5. The number of amides is 2.